The van der Waals surface area contributed by atoms with Crippen molar-refractivity contribution in [2.45, 2.75) is 45.2 Å². The maximum Gasteiger partial charge on any atom is 0.254 e. The van der Waals surface area contributed by atoms with E-state index in [-0.39, 0.29) is 18.3 Å². The van der Waals surface area contributed by atoms with Crippen LogP contribution in [0.5, 0.6) is 0 Å². The van der Waals surface area contributed by atoms with Crippen LogP contribution in [-0.2, 0) is 0 Å². The van der Waals surface area contributed by atoms with Gasteiger partial charge in [0.25, 0.3) is 5.91 Å². The minimum absolute atomic E-state index is 0. The zero-order valence-corrected chi connectivity index (χ0v) is 13.0. The predicted octanol–water partition coefficient (Wildman–Crippen LogP) is 2.69. The summed E-state index contributed by atoms with van der Waals surface area (Å²) in [5.74, 6) is 0.204. The Kier molecular flexibility index (Phi) is 4.71. The number of nitrogens with one attached hydrogen (secondary N) is 1. The summed E-state index contributed by atoms with van der Waals surface area (Å²) in [6.07, 6.45) is 3.57. The summed E-state index contributed by atoms with van der Waals surface area (Å²) in [4.78, 5) is 14.7. The molecule has 0 saturated carbocycles. The molecule has 20 heavy (non-hydrogen) atoms. The number of nitrogens with zero attached hydrogens (tertiary/aromatic N) is 1. The normalized spacial score (nSPS) is 25.0. The third-order valence-electron chi connectivity index (χ3n) is 4.65. The fourth-order valence-electron chi connectivity index (χ4n) is 3.28. The molecule has 1 N–H and O–H groups in total. The van der Waals surface area contributed by atoms with E-state index in [9.17, 15) is 4.79 Å². The second-order valence-electron chi connectivity index (χ2n) is 5.93. The first-order valence-corrected chi connectivity index (χ1v) is 7.26. The molecule has 0 aliphatic carbocycles. The number of halogens is 1. The molecule has 0 radical (unpaired) electrons. The van der Waals surface area contributed by atoms with Gasteiger partial charge in [0.2, 0.25) is 0 Å². The zero-order chi connectivity index (χ0) is 13.4. The highest BCUT2D eigenvalue weighted by Gasteiger charge is 2.31. The smallest absolute Gasteiger partial charge is 0.254 e. The Hall–Kier alpha value is -1.06. The fourth-order valence-corrected chi connectivity index (χ4v) is 3.28. The molecule has 2 aliphatic rings. The minimum atomic E-state index is 0. The third-order valence-corrected chi connectivity index (χ3v) is 4.65. The van der Waals surface area contributed by atoms with Crippen molar-refractivity contribution in [3.8, 4) is 0 Å². The van der Waals surface area contributed by atoms with Gasteiger partial charge in [-0.05, 0) is 50.3 Å². The monoisotopic (exact) mass is 294 g/mol. The van der Waals surface area contributed by atoms with Gasteiger partial charge in [0.15, 0.2) is 0 Å². The summed E-state index contributed by atoms with van der Waals surface area (Å²) < 4.78 is 0. The summed E-state index contributed by atoms with van der Waals surface area (Å²) in [6.45, 7) is 5.87. The minimum Gasteiger partial charge on any atom is -0.337 e. The average molecular weight is 295 g/mol. The van der Waals surface area contributed by atoms with E-state index >= 15 is 0 Å². The lowest BCUT2D eigenvalue weighted by atomic mass is 10.0. The highest BCUT2D eigenvalue weighted by atomic mass is 35.5. The number of hydrogen-bond acceptors (Lipinski definition) is 2. The van der Waals surface area contributed by atoms with Crippen LogP contribution >= 0.6 is 12.4 Å². The van der Waals surface area contributed by atoms with Crippen LogP contribution in [0.1, 0.15) is 40.7 Å². The molecule has 1 aromatic rings. The van der Waals surface area contributed by atoms with Crippen molar-refractivity contribution in [3.05, 3.63) is 34.9 Å². The Balaban J connectivity index is 0.00000147. The van der Waals surface area contributed by atoms with Crippen molar-refractivity contribution in [1.29, 1.82) is 0 Å². The number of benzene rings is 1. The maximum atomic E-state index is 12.7. The standard InChI is InChI=1S/C16H22N2O.ClH/c1-11-4-3-5-15(12(11)2)16(19)18-9-8-13-6-7-14(10-18)17-13;/h3-5,13-14,17H,6-10H2,1-2H3;1H. The molecule has 4 heteroatoms. The van der Waals surface area contributed by atoms with Gasteiger partial charge >= 0.3 is 0 Å². The van der Waals surface area contributed by atoms with Crippen molar-refractivity contribution in [2.24, 2.45) is 0 Å². The number of carbonyl (C=O) groups is 1. The lowest BCUT2D eigenvalue weighted by molar-refractivity contribution is 0.0747. The van der Waals surface area contributed by atoms with Crippen molar-refractivity contribution in [2.75, 3.05) is 13.1 Å². The number of rotatable bonds is 1. The van der Waals surface area contributed by atoms with Gasteiger partial charge in [0.1, 0.15) is 0 Å². The van der Waals surface area contributed by atoms with Crippen LogP contribution in [0.25, 0.3) is 0 Å². The molecule has 1 amide bonds. The molecule has 2 unspecified atom stereocenters. The molecular formula is C16H23ClN2O. The summed E-state index contributed by atoms with van der Waals surface area (Å²) in [7, 11) is 0. The number of likely N-dealkylation sites (tertiary alicyclic amines) is 1. The predicted molar refractivity (Wildman–Crippen MR) is 83.6 cm³/mol. The second-order valence-corrected chi connectivity index (χ2v) is 5.93. The number of fused-ring (bicyclic) bond motifs is 2. The van der Waals surface area contributed by atoms with Crippen LogP contribution in [0.4, 0.5) is 0 Å². The topological polar surface area (TPSA) is 32.3 Å². The van der Waals surface area contributed by atoms with Gasteiger partial charge in [-0.2, -0.15) is 0 Å². The van der Waals surface area contributed by atoms with E-state index in [4.69, 9.17) is 0 Å². The van der Waals surface area contributed by atoms with Crippen LogP contribution in [0.3, 0.4) is 0 Å². The van der Waals surface area contributed by atoms with Gasteiger partial charge in [-0.25, -0.2) is 0 Å². The fraction of sp³-hybridized carbons (Fsp3) is 0.562. The summed E-state index contributed by atoms with van der Waals surface area (Å²) in [5.41, 5.74) is 3.19. The van der Waals surface area contributed by atoms with Gasteiger partial charge < -0.3 is 10.2 Å². The van der Waals surface area contributed by atoms with E-state index in [0.717, 1.165) is 30.6 Å². The lowest BCUT2D eigenvalue weighted by Gasteiger charge is -2.25. The SMILES string of the molecule is Cc1cccc(C(=O)N2CCC3CCC(C2)N3)c1C.Cl. The van der Waals surface area contributed by atoms with E-state index in [1.165, 1.54) is 18.4 Å². The Bertz CT molecular complexity index is 503. The molecule has 0 spiro atoms. The van der Waals surface area contributed by atoms with Gasteiger partial charge in [-0.15, -0.1) is 12.4 Å². The molecule has 2 fully saturated rings. The second kappa shape index (κ2) is 6.15. The van der Waals surface area contributed by atoms with E-state index in [1.54, 1.807) is 0 Å². The van der Waals surface area contributed by atoms with Crippen LogP contribution in [0, 0.1) is 13.8 Å². The highest BCUT2D eigenvalue weighted by molar-refractivity contribution is 5.96. The molecule has 2 atom stereocenters. The number of carbonyl (C=O) groups excluding carboxylic acids is 1. The van der Waals surface area contributed by atoms with E-state index < -0.39 is 0 Å². The van der Waals surface area contributed by atoms with Gasteiger partial charge in [-0.3, -0.25) is 4.79 Å². The average Bonchev–Trinajstić information content (AvgIpc) is 2.72. The Morgan fingerprint density at radius 1 is 1.20 bits per heavy atom. The van der Waals surface area contributed by atoms with Crippen molar-refractivity contribution in [1.82, 2.24) is 10.2 Å². The summed E-state index contributed by atoms with van der Waals surface area (Å²) >= 11 is 0. The number of amides is 1. The molecule has 110 valence electrons. The molecule has 2 heterocycles. The van der Waals surface area contributed by atoms with Crippen LogP contribution in [0.2, 0.25) is 0 Å². The van der Waals surface area contributed by atoms with Crippen LogP contribution in [-0.4, -0.2) is 36.0 Å². The highest BCUT2D eigenvalue weighted by Crippen LogP contribution is 2.22. The van der Waals surface area contributed by atoms with Crippen molar-refractivity contribution in [3.63, 3.8) is 0 Å². The lowest BCUT2D eigenvalue weighted by Crippen LogP contribution is -2.39. The van der Waals surface area contributed by atoms with Crippen LogP contribution < -0.4 is 5.32 Å². The Morgan fingerprint density at radius 3 is 2.75 bits per heavy atom. The quantitative estimate of drug-likeness (QED) is 0.864. The molecule has 2 bridgehead atoms. The van der Waals surface area contributed by atoms with Crippen molar-refractivity contribution < 1.29 is 4.79 Å². The maximum absolute atomic E-state index is 12.7. The summed E-state index contributed by atoms with van der Waals surface area (Å²) in [6, 6.07) is 7.14. The van der Waals surface area contributed by atoms with Crippen LogP contribution in [0.15, 0.2) is 18.2 Å². The molecular weight excluding hydrogens is 272 g/mol. The summed E-state index contributed by atoms with van der Waals surface area (Å²) in [5, 5.41) is 3.62. The number of hydrogen-bond donors (Lipinski definition) is 1. The molecule has 0 aromatic heterocycles. The number of aryl methyl sites for hydroxylation is 1. The van der Waals surface area contributed by atoms with Gasteiger partial charge in [-0.1, -0.05) is 12.1 Å². The van der Waals surface area contributed by atoms with E-state index in [1.807, 2.05) is 24.0 Å². The third kappa shape index (κ3) is 2.84. The first kappa shape index (κ1) is 15.3. The van der Waals surface area contributed by atoms with Gasteiger partial charge in [0.05, 0.1) is 0 Å². The van der Waals surface area contributed by atoms with Gasteiger partial charge in [0, 0.05) is 30.7 Å². The molecule has 2 aliphatic heterocycles. The Labute approximate surface area is 127 Å². The zero-order valence-electron chi connectivity index (χ0n) is 12.2. The van der Waals surface area contributed by atoms with E-state index in [2.05, 4.69) is 18.3 Å². The molecule has 3 nitrogen and oxygen atoms in total. The molecule has 1 aromatic carbocycles. The van der Waals surface area contributed by atoms with E-state index in [0.29, 0.717) is 12.1 Å². The largest absolute Gasteiger partial charge is 0.337 e. The first-order valence-electron chi connectivity index (χ1n) is 7.26. The Morgan fingerprint density at radius 2 is 1.95 bits per heavy atom. The van der Waals surface area contributed by atoms with Crippen molar-refractivity contribution >= 4 is 18.3 Å². The molecule has 3 rings (SSSR count). The first-order chi connectivity index (χ1) is 9.15. The molecule has 2 saturated heterocycles.